The molecule has 0 aromatic heterocycles. The summed E-state index contributed by atoms with van der Waals surface area (Å²) in [6.07, 6.45) is 11.5. The minimum Gasteiger partial charge on any atom is -0.316 e. The van der Waals surface area contributed by atoms with Crippen LogP contribution in [-0.4, -0.2) is 37.6 Å². The number of rotatable bonds is 7. The van der Waals surface area contributed by atoms with Gasteiger partial charge in [-0.05, 0) is 56.0 Å². The summed E-state index contributed by atoms with van der Waals surface area (Å²) in [5.41, 5.74) is 0.572. The van der Waals surface area contributed by atoms with Crippen LogP contribution in [0.25, 0.3) is 0 Å². The molecule has 1 unspecified atom stereocenters. The zero-order valence-electron chi connectivity index (χ0n) is 14.8. The van der Waals surface area contributed by atoms with E-state index in [1.54, 1.807) is 0 Å². The van der Waals surface area contributed by atoms with Gasteiger partial charge in [-0.3, -0.25) is 0 Å². The first-order valence-electron chi connectivity index (χ1n) is 9.56. The number of likely N-dealkylation sites (tertiary alicyclic amines) is 1. The largest absolute Gasteiger partial charge is 0.316 e. The molecular formula is C19H38N2. The van der Waals surface area contributed by atoms with Crippen LogP contribution in [0.2, 0.25) is 0 Å². The standard InChI is InChI=1S/C19H38N2/c1-4-18-9-8-12-21(14-18)16-19(10-6-5-7-11-19)15-20-13-17(2)3/h17-18,20H,4-16H2,1-3H3. The molecule has 0 radical (unpaired) electrons. The van der Waals surface area contributed by atoms with Crippen LogP contribution in [-0.2, 0) is 0 Å². The van der Waals surface area contributed by atoms with Gasteiger partial charge in [-0.15, -0.1) is 0 Å². The van der Waals surface area contributed by atoms with E-state index < -0.39 is 0 Å². The van der Waals surface area contributed by atoms with Gasteiger partial charge in [0.15, 0.2) is 0 Å². The summed E-state index contributed by atoms with van der Waals surface area (Å²) in [7, 11) is 0. The van der Waals surface area contributed by atoms with E-state index in [0.29, 0.717) is 5.41 Å². The fourth-order valence-electron chi connectivity index (χ4n) is 4.42. The maximum atomic E-state index is 3.78. The fourth-order valence-corrected chi connectivity index (χ4v) is 4.42. The van der Waals surface area contributed by atoms with Crippen LogP contribution in [0.1, 0.15) is 72.1 Å². The third-order valence-electron chi connectivity index (χ3n) is 5.71. The van der Waals surface area contributed by atoms with Crippen molar-refractivity contribution in [1.29, 1.82) is 0 Å². The molecule has 124 valence electrons. The summed E-state index contributed by atoms with van der Waals surface area (Å²) in [5, 5.41) is 3.78. The van der Waals surface area contributed by atoms with Crippen molar-refractivity contribution in [3.8, 4) is 0 Å². The zero-order valence-corrected chi connectivity index (χ0v) is 14.8. The summed E-state index contributed by atoms with van der Waals surface area (Å²) in [5.74, 6) is 1.73. The van der Waals surface area contributed by atoms with Crippen LogP contribution in [0.15, 0.2) is 0 Å². The third-order valence-corrected chi connectivity index (χ3v) is 5.71. The molecule has 21 heavy (non-hydrogen) atoms. The lowest BCUT2D eigenvalue weighted by Crippen LogP contribution is -2.48. The quantitative estimate of drug-likeness (QED) is 0.753. The normalized spacial score (nSPS) is 27.1. The lowest BCUT2D eigenvalue weighted by molar-refractivity contribution is 0.0714. The Morgan fingerprint density at radius 2 is 1.90 bits per heavy atom. The summed E-state index contributed by atoms with van der Waals surface area (Å²) in [6.45, 7) is 13.5. The van der Waals surface area contributed by atoms with Gasteiger partial charge in [0.05, 0.1) is 0 Å². The average molecular weight is 295 g/mol. The highest BCUT2D eigenvalue weighted by atomic mass is 15.1. The van der Waals surface area contributed by atoms with Crippen LogP contribution >= 0.6 is 0 Å². The molecular weight excluding hydrogens is 256 g/mol. The summed E-state index contributed by atoms with van der Waals surface area (Å²) in [4.78, 5) is 2.81. The van der Waals surface area contributed by atoms with Crippen molar-refractivity contribution in [2.75, 3.05) is 32.7 Å². The molecule has 2 heteroatoms. The van der Waals surface area contributed by atoms with E-state index in [0.717, 1.165) is 11.8 Å². The summed E-state index contributed by atoms with van der Waals surface area (Å²) < 4.78 is 0. The molecule has 0 spiro atoms. The van der Waals surface area contributed by atoms with Crippen molar-refractivity contribution >= 4 is 0 Å². The van der Waals surface area contributed by atoms with Gasteiger partial charge in [-0.2, -0.15) is 0 Å². The van der Waals surface area contributed by atoms with E-state index in [1.807, 2.05) is 0 Å². The molecule has 0 amide bonds. The van der Waals surface area contributed by atoms with E-state index in [2.05, 4.69) is 31.0 Å². The van der Waals surface area contributed by atoms with Crippen molar-refractivity contribution < 1.29 is 0 Å². The van der Waals surface area contributed by atoms with Crippen molar-refractivity contribution in [2.45, 2.75) is 72.1 Å². The molecule has 0 aromatic rings. The van der Waals surface area contributed by atoms with Crippen LogP contribution < -0.4 is 5.32 Å². The number of nitrogens with one attached hydrogen (secondary N) is 1. The molecule has 1 aliphatic carbocycles. The number of hydrogen-bond acceptors (Lipinski definition) is 2. The maximum absolute atomic E-state index is 3.78. The lowest BCUT2D eigenvalue weighted by atomic mass is 9.73. The van der Waals surface area contributed by atoms with Crippen LogP contribution in [0.5, 0.6) is 0 Å². The van der Waals surface area contributed by atoms with E-state index in [-0.39, 0.29) is 0 Å². The van der Waals surface area contributed by atoms with Gasteiger partial charge in [-0.25, -0.2) is 0 Å². The SMILES string of the molecule is CCC1CCCN(CC2(CNCC(C)C)CCCCC2)C1. The van der Waals surface area contributed by atoms with E-state index in [9.17, 15) is 0 Å². The molecule has 1 N–H and O–H groups in total. The van der Waals surface area contributed by atoms with Crippen LogP contribution in [0.3, 0.4) is 0 Å². The van der Waals surface area contributed by atoms with Gasteiger partial charge in [0.25, 0.3) is 0 Å². The minimum atomic E-state index is 0.572. The predicted molar refractivity (Wildman–Crippen MR) is 92.7 cm³/mol. The van der Waals surface area contributed by atoms with E-state index in [4.69, 9.17) is 0 Å². The van der Waals surface area contributed by atoms with Crippen molar-refractivity contribution in [3.05, 3.63) is 0 Å². The molecule has 1 saturated carbocycles. The fraction of sp³-hybridized carbons (Fsp3) is 1.00. The molecule has 2 fully saturated rings. The summed E-state index contributed by atoms with van der Waals surface area (Å²) in [6, 6.07) is 0. The first kappa shape index (κ1) is 17.3. The predicted octanol–water partition coefficient (Wildman–Crippen LogP) is 4.30. The second-order valence-electron chi connectivity index (χ2n) is 8.24. The lowest BCUT2D eigenvalue weighted by Gasteiger charge is -2.44. The second kappa shape index (κ2) is 8.53. The van der Waals surface area contributed by atoms with Gasteiger partial charge in [0.2, 0.25) is 0 Å². The number of nitrogens with zero attached hydrogens (tertiary/aromatic N) is 1. The molecule has 1 aliphatic heterocycles. The Hall–Kier alpha value is -0.0800. The second-order valence-corrected chi connectivity index (χ2v) is 8.24. The van der Waals surface area contributed by atoms with Crippen molar-refractivity contribution in [3.63, 3.8) is 0 Å². The molecule has 0 bridgehead atoms. The highest BCUT2D eigenvalue weighted by Crippen LogP contribution is 2.37. The molecule has 1 saturated heterocycles. The van der Waals surface area contributed by atoms with Gasteiger partial charge in [-0.1, -0.05) is 46.5 Å². The number of piperidine rings is 1. The van der Waals surface area contributed by atoms with Gasteiger partial charge in [0, 0.05) is 19.6 Å². The van der Waals surface area contributed by atoms with E-state index >= 15 is 0 Å². The summed E-state index contributed by atoms with van der Waals surface area (Å²) >= 11 is 0. The monoisotopic (exact) mass is 294 g/mol. The first-order chi connectivity index (χ1) is 10.1. The molecule has 2 nitrogen and oxygen atoms in total. The van der Waals surface area contributed by atoms with Crippen LogP contribution in [0, 0.1) is 17.3 Å². The Kier molecular flexibility index (Phi) is 7.01. The van der Waals surface area contributed by atoms with E-state index in [1.165, 1.54) is 84.1 Å². The van der Waals surface area contributed by atoms with Crippen molar-refractivity contribution in [2.24, 2.45) is 17.3 Å². The molecule has 2 rings (SSSR count). The number of hydrogen-bond donors (Lipinski definition) is 1. The van der Waals surface area contributed by atoms with Gasteiger partial charge < -0.3 is 10.2 Å². The van der Waals surface area contributed by atoms with Gasteiger partial charge in [0.1, 0.15) is 0 Å². The van der Waals surface area contributed by atoms with Gasteiger partial charge >= 0.3 is 0 Å². The molecule has 0 aromatic carbocycles. The smallest absolute Gasteiger partial charge is 0.00503 e. The zero-order chi connectivity index (χ0) is 15.1. The molecule has 1 atom stereocenters. The maximum Gasteiger partial charge on any atom is 0.00503 e. The Bertz CT molecular complexity index is 281. The van der Waals surface area contributed by atoms with Crippen LogP contribution in [0.4, 0.5) is 0 Å². The highest BCUT2D eigenvalue weighted by Gasteiger charge is 2.34. The third kappa shape index (κ3) is 5.56. The van der Waals surface area contributed by atoms with Crippen molar-refractivity contribution in [1.82, 2.24) is 10.2 Å². The Balaban J connectivity index is 1.88. The minimum absolute atomic E-state index is 0.572. The Labute approximate surface area is 133 Å². The highest BCUT2D eigenvalue weighted by molar-refractivity contribution is 4.89. The molecule has 1 heterocycles. The topological polar surface area (TPSA) is 15.3 Å². The molecule has 2 aliphatic rings. The Morgan fingerprint density at radius 3 is 2.57 bits per heavy atom. The average Bonchev–Trinajstić information content (AvgIpc) is 2.48. The Morgan fingerprint density at radius 1 is 1.14 bits per heavy atom. The first-order valence-corrected chi connectivity index (χ1v) is 9.56.